The molecule has 3 atom stereocenters. The number of nitrogens with zero attached hydrogens (tertiary/aromatic N) is 3. The maximum atomic E-state index is 15.0. The molecule has 0 bridgehead atoms. The van der Waals surface area contributed by atoms with Gasteiger partial charge in [0.1, 0.15) is 18.2 Å². The number of rotatable bonds is 6. The quantitative estimate of drug-likeness (QED) is 0.672. The number of hydrogen-bond donors (Lipinski definition) is 2. The van der Waals surface area contributed by atoms with E-state index in [0.717, 1.165) is 12.4 Å². The monoisotopic (exact) mass is 467 g/mol. The summed E-state index contributed by atoms with van der Waals surface area (Å²) in [5.41, 5.74) is 5.33. The van der Waals surface area contributed by atoms with E-state index in [0.29, 0.717) is 23.0 Å². The van der Waals surface area contributed by atoms with E-state index in [-0.39, 0.29) is 23.7 Å². The molecule has 170 valence electrons. The first-order chi connectivity index (χ1) is 15.5. The van der Waals surface area contributed by atoms with Crippen molar-refractivity contribution in [1.29, 1.82) is 0 Å². The molecule has 1 aromatic carbocycles. The number of ether oxygens (including phenoxy) is 2. The van der Waals surface area contributed by atoms with Gasteiger partial charge in [0.2, 0.25) is 12.7 Å². The van der Waals surface area contributed by atoms with Gasteiger partial charge in [-0.1, -0.05) is 11.8 Å². The van der Waals surface area contributed by atoms with E-state index >= 15 is 4.39 Å². The van der Waals surface area contributed by atoms with Crippen molar-refractivity contribution in [3.05, 3.63) is 47.7 Å². The Morgan fingerprint density at radius 2 is 2.19 bits per heavy atom. The summed E-state index contributed by atoms with van der Waals surface area (Å²) < 4.78 is 51.0. The number of thioether (sulfide) groups is 1. The lowest BCUT2D eigenvalue weighted by atomic mass is 9.72. The molecule has 1 amide bonds. The summed E-state index contributed by atoms with van der Waals surface area (Å²) in [6.45, 7) is -1.59. The highest BCUT2D eigenvalue weighted by Crippen LogP contribution is 2.48. The number of halogens is 3. The number of benzene rings is 1. The van der Waals surface area contributed by atoms with E-state index in [1.165, 1.54) is 30.0 Å². The molecule has 3 N–H and O–H groups in total. The number of fused-ring (bicyclic) bond motifs is 1. The summed E-state index contributed by atoms with van der Waals surface area (Å²) in [4.78, 5) is 24.8. The molecule has 4 rings (SSSR count). The number of anilines is 1. The summed E-state index contributed by atoms with van der Waals surface area (Å²) in [5.74, 6) is -1.20. The minimum Gasteiger partial charge on any atom is -0.445 e. The Hall–Kier alpha value is -2.86. The van der Waals surface area contributed by atoms with Crippen LogP contribution in [-0.2, 0) is 10.3 Å². The van der Waals surface area contributed by atoms with Crippen LogP contribution in [-0.4, -0.2) is 53.0 Å². The van der Waals surface area contributed by atoms with Crippen LogP contribution >= 0.6 is 11.8 Å². The van der Waals surface area contributed by atoms with Crippen molar-refractivity contribution in [3.8, 4) is 5.88 Å². The topological polar surface area (TPSA) is 112 Å². The standard InChI is InChI=1S/C20H20F3N5O3S/c21-6-16-13-9-32-19(24)28-20(13,3-4-30-16)12-5-11(1-2-14(12)23)27-18(29)15-7-26-17(8-25-15)31-10-22/h1-2,5,7-8,13,16H,3-4,6,9-10H2,(H2,24,28)(H,27,29)/t13-,16-,20-/m1/s1. The molecule has 2 aliphatic rings. The molecule has 1 aromatic heterocycles. The van der Waals surface area contributed by atoms with Crippen molar-refractivity contribution < 1.29 is 27.4 Å². The van der Waals surface area contributed by atoms with E-state index in [1.54, 1.807) is 0 Å². The molecule has 0 spiro atoms. The highest BCUT2D eigenvalue weighted by Gasteiger charge is 2.51. The lowest BCUT2D eigenvalue weighted by molar-refractivity contribution is -0.0714. The fourth-order valence-corrected chi connectivity index (χ4v) is 5.07. The highest BCUT2D eigenvalue weighted by atomic mass is 32.2. The Bertz CT molecular complexity index is 1030. The average molecular weight is 467 g/mol. The minimum absolute atomic E-state index is 0.0435. The summed E-state index contributed by atoms with van der Waals surface area (Å²) in [6.07, 6.45) is 1.84. The molecule has 0 aliphatic carbocycles. The normalized spacial score (nSPS) is 24.9. The second-order valence-corrected chi connectivity index (χ2v) is 8.29. The van der Waals surface area contributed by atoms with E-state index in [1.807, 2.05) is 0 Å². The van der Waals surface area contributed by atoms with Crippen molar-refractivity contribution in [1.82, 2.24) is 9.97 Å². The largest absolute Gasteiger partial charge is 0.445 e. The van der Waals surface area contributed by atoms with E-state index in [9.17, 15) is 13.6 Å². The fraction of sp³-hybridized carbons (Fsp3) is 0.400. The molecule has 0 unspecified atom stereocenters. The first-order valence-electron chi connectivity index (χ1n) is 9.74. The van der Waals surface area contributed by atoms with Crippen LogP contribution in [0, 0.1) is 11.7 Å². The lowest BCUT2D eigenvalue weighted by Gasteiger charge is -2.47. The molecular weight excluding hydrogens is 447 g/mol. The molecule has 0 radical (unpaired) electrons. The average Bonchev–Trinajstić information content (AvgIpc) is 2.80. The zero-order chi connectivity index (χ0) is 22.7. The maximum Gasteiger partial charge on any atom is 0.275 e. The van der Waals surface area contributed by atoms with Gasteiger partial charge in [-0.15, -0.1) is 0 Å². The van der Waals surface area contributed by atoms with E-state index < -0.39 is 42.8 Å². The molecule has 1 fully saturated rings. The van der Waals surface area contributed by atoms with Gasteiger partial charge in [0.05, 0.1) is 24.0 Å². The molecule has 12 heteroatoms. The predicted molar refractivity (Wildman–Crippen MR) is 113 cm³/mol. The van der Waals surface area contributed by atoms with Gasteiger partial charge in [-0.3, -0.25) is 9.79 Å². The number of nitrogens with one attached hydrogen (secondary N) is 1. The second kappa shape index (κ2) is 9.33. The third-order valence-corrected chi connectivity index (χ3v) is 6.42. The Morgan fingerprint density at radius 1 is 1.34 bits per heavy atom. The van der Waals surface area contributed by atoms with Crippen LogP contribution in [0.3, 0.4) is 0 Å². The Labute approximate surface area is 185 Å². The van der Waals surface area contributed by atoms with Crippen LogP contribution in [0.15, 0.2) is 35.6 Å². The van der Waals surface area contributed by atoms with Crippen molar-refractivity contribution in [2.24, 2.45) is 16.6 Å². The lowest BCUT2D eigenvalue weighted by Crippen LogP contribution is -2.52. The maximum absolute atomic E-state index is 15.0. The number of hydrogen-bond acceptors (Lipinski definition) is 8. The van der Waals surface area contributed by atoms with Crippen molar-refractivity contribution in [2.75, 3.05) is 31.2 Å². The summed E-state index contributed by atoms with van der Waals surface area (Å²) in [6, 6.07) is 4.09. The van der Waals surface area contributed by atoms with Crippen LogP contribution in [0.4, 0.5) is 18.9 Å². The molecule has 1 saturated heterocycles. The molecule has 32 heavy (non-hydrogen) atoms. The number of carbonyl (C=O) groups is 1. The molecule has 0 saturated carbocycles. The molecule has 2 aliphatic heterocycles. The summed E-state index contributed by atoms with van der Waals surface area (Å²) in [5, 5.41) is 2.92. The minimum atomic E-state index is -1.10. The Balaban J connectivity index is 1.64. The zero-order valence-corrected chi connectivity index (χ0v) is 17.6. The van der Waals surface area contributed by atoms with Gasteiger partial charge in [0.15, 0.2) is 5.17 Å². The first kappa shape index (κ1) is 22.3. The third kappa shape index (κ3) is 4.24. The molecule has 8 nitrogen and oxygen atoms in total. The van der Waals surface area contributed by atoms with Crippen molar-refractivity contribution >= 4 is 28.5 Å². The van der Waals surface area contributed by atoms with Gasteiger partial charge in [-0.25, -0.2) is 23.1 Å². The van der Waals surface area contributed by atoms with Gasteiger partial charge in [0, 0.05) is 35.9 Å². The van der Waals surface area contributed by atoms with Gasteiger partial charge < -0.3 is 20.5 Å². The second-order valence-electron chi connectivity index (χ2n) is 7.25. The van der Waals surface area contributed by atoms with E-state index in [2.05, 4.69) is 25.0 Å². The number of amidine groups is 1. The number of alkyl halides is 2. The smallest absolute Gasteiger partial charge is 0.275 e. The van der Waals surface area contributed by atoms with Gasteiger partial charge in [-0.2, -0.15) is 0 Å². The third-order valence-electron chi connectivity index (χ3n) is 5.50. The first-order valence-corrected chi connectivity index (χ1v) is 10.7. The summed E-state index contributed by atoms with van der Waals surface area (Å²) >= 11 is 1.28. The Morgan fingerprint density at radius 3 is 2.91 bits per heavy atom. The van der Waals surface area contributed by atoms with Crippen LogP contribution in [0.1, 0.15) is 22.5 Å². The van der Waals surface area contributed by atoms with Gasteiger partial charge >= 0.3 is 0 Å². The predicted octanol–water partition coefficient (Wildman–Crippen LogP) is 2.81. The van der Waals surface area contributed by atoms with Crippen LogP contribution in [0.5, 0.6) is 5.88 Å². The SMILES string of the molecule is NC1=N[C@@]2(c3cc(NC(=O)c4cnc(OCF)cn4)ccc3F)CCO[C@H](CF)[C@H]2CS1. The number of aromatic nitrogens is 2. The highest BCUT2D eigenvalue weighted by molar-refractivity contribution is 8.13. The molecular formula is C20H20F3N5O3S. The Kier molecular flexibility index (Phi) is 6.51. The number of carbonyl (C=O) groups excluding carboxylic acids is 1. The number of nitrogens with two attached hydrogens (primary N) is 1. The van der Waals surface area contributed by atoms with Crippen molar-refractivity contribution in [3.63, 3.8) is 0 Å². The van der Waals surface area contributed by atoms with Crippen LogP contribution < -0.4 is 15.8 Å². The van der Waals surface area contributed by atoms with Crippen LogP contribution in [0.25, 0.3) is 0 Å². The zero-order valence-electron chi connectivity index (χ0n) is 16.8. The molecule has 3 heterocycles. The van der Waals surface area contributed by atoms with Crippen LogP contribution in [0.2, 0.25) is 0 Å². The fourth-order valence-electron chi connectivity index (χ4n) is 4.00. The number of aliphatic imine (C=N–C) groups is 1. The summed E-state index contributed by atoms with van der Waals surface area (Å²) in [7, 11) is 0. The van der Waals surface area contributed by atoms with Gasteiger partial charge in [-0.05, 0) is 18.2 Å². The number of amides is 1. The van der Waals surface area contributed by atoms with Gasteiger partial charge in [0.25, 0.3) is 5.91 Å². The van der Waals surface area contributed by atoms with Crippen molar-refractivity contribution in [2.45, 2.75) is 18.1 Å². The molecule has 2 aromatic rings. The van der Waals surface area contributed by atoms with E-state index in [4.69, 9.17) is 10.5 Å².